The zero-order valence-electron chi connectivity index (χ0n) is 11.9. The van der Waals surface area contributed by atoms with Gasteiger partial charge in [0.2, 0.25) is 5.95 Å². The first-order chi connectivity index (χ1) is 10.8. The number of benzene rings is 1. The summed E-state index contributed by atoms with van der Waals surface area (Å²) in [4.78, 5) is 16.5. The van der Waals surface area contributed by atoms with Crippen LogP contribution in [0.1, 0.15) is 17.4 Å². The monoisotopic (exact) mass is 314 g/mol. The van der Waals surface area contributed by atoms with Crippen molar-refractivity contribution in [3.05, 3.63) is 47.7 Å². The molecule has 1 aromatic carbocycles. The Hall–Kier alpha value is -2.74. The second-order valence-corrected chi connectivity index (χ2v) is 5.24. The Bertz CT molecular complexity index is 767. The van der Waals surface area contributed by atoms with Gasteiger partial charge in [-0.2, -0.15) is 0 Å². The molecule has 0 aliphatic carbocycles. The minimum absolute atomic E-state index is 0.314. The van der Waals surface area contributed by atoms with Gasteiger partial charge in [-0.25, -0.2) is 4.98 Å². The van der Waals surface area contributed by atoms with Gasteiger partial charge in [0, 0.05) is 11.9 Å². The number of nitrogens with zero attached hydrogens (tertiary/aromatic N) is 4. The third kappa shape index (κ3) is 2.96. The van der Waals surface area contributed by atoms with Crippen molar-refractivity contribution in [1.82, 2.24) is 19.7 Å². The van der Waals surface area contributed by atoms with Gasteiger partial charge in [0.15, 0.2) is 5.13 Å². The van der Waals surface area contributed by atoms with E-state index in [1.165, 1.54) is 11.3 Å². The van der Waals surface area contributed by atoms with Gasteiger partial charge in [-0.1, -0.05) is 18.2 Å². The summed E-state index contributed by atoms with van der Waals surface area (Å²) in [5.74, 6) is 0.0415. The summed E-state index contributed by atoms with van der Waals surface area (Å²) in [5, 5.41) is 16.0. The van der Waals surface area contributed by atoms with Crippen LogP contribution in [0.15, 0.2) is 42.0 Å². The van der Waals surface area contributed by atoms with E-state index in [9.17, 15) is 4.79 Å². The molecule has 1 amide bonds. The number of thiazole rings is 1. The quantitative estimate of drug-likeness (QED) is 0.755. The van der Waals surface area contributed by atoms with Crippen LogP contribution in [-0.4, -0.2) is 32.2 Å². The van der Waals surface area contributed by atoms with Gasteiger partial charge in [0.1, 0.15) is 12.0 Å². The predicted octanol–water partition coefficient (Wildman–Crippen LogP) is 2.41. The van der Waals surface area contributed by atoms with Gasteiger partial charge in [0.25, 0.3) is 5.91 Å². The molecule has 0 bridgehead atoms. The molecule has 0 unspecified atom stereocenters. The summed E-state index contributed by atoms with van der Waals surface area (Å²) < 4.78 is 1.70. The number of carbonyl (C=O) groups is 1. The highest BCUT2D eigenvalue weighted by Gasteiger charge is 2.14. The number of para-hydroxylation sites is 1. The molecule has 0 saturated heterocycles. The maximum atomic E-state index is 12.2. The lowest BCUT2D eigenvalue weighted by atomic mass is 10.3. The molecule has 0 aliphatic heterocycles. The molecular weight excluding hydrogens is 300 g/mol. The SMILES string of the molecule is CCNc1nc(C(=O)Nc2nncn2-c2ccccc2)cs1. The summed E-state index contributed by atoms with van der Waals surface area (Å²) in [6.07, 6.45) is 1.55. The smallest absolute Gasteiger partial charge is 0.277 e. The Kier molecular flexibility index (Phi) is 4.10. The van der Waals surface area contributed by atoms with E-state index >= 15 is 0 Å². The second-order valence-electron chi connectivity index (χ2n) is 4.38. The van der Waals surface area contributed by atoms with Crippen LogP contribution in [0.4, 0.5) is 11.1 Å². The summed E-state index contributed by atoms with van der Waals surface area (Å²) in [6.45, 7) is 2.74. The van der Waals surface area contributed by atoms with E-state index in [-0.39, 0.29) is 5.91 Å². The van der Waals surface area contributed by atoms with Crippen molar-refractivity contribution in [2.75, 3.05) is 17.2 Å². The number of nitrogens with one attached hydrogen (secondary N) is 2. The van der Waals surface area contributed by atoms with Crippen LogP contribution >= 0.6 is 11.3 Å². The van der Waals surface area contributed by atoms with E-state index in [1.807, 2.05) is 37.3 Å². The number of hydrogen-bond donors (Lipinski definition) is 2. The van der Waals surface area contributed by atoms with Crippen molar-refractivity contribution in [3.63, 3.8) is 0 Å². The third-order valence-corrected chi connectivity index (χ3v) is 3.67. The number of aromatic nitrogens is 4. The lowest BCUT2D eigenvalue weighted by Crippen LogP contribution is -2.16. The van der Waals surface area contributed by atoms with Crippen molar-refractivity contribution in [1.29, 1.82) is 0 Å². The maximum absolute atomic E-state index is 12.2. The van der Waals surface area contributed by atoms with Gasteiger partial charge in [0.05, 0.1) is 5.69 Å². The molecule has 7 nitrogen and oxygen atoms in total. The summed E-state index contributed by atoms with van der Waals surface area (Å²) in [6, 6.07) is 9.55. The van der Waals surface area contributed by atoms with Crippen molar-refractivity contribution in [2.45, 2.75) is 6.92 Å². The van der Waals surface area contributed by atoms with E-state index in [2.05, 4.69) is 25.8 Å². The molecule has 0 atom stereocenters. The number of anilines is 2. The Morgan fingerprint density at radius 1 is 1.32 bits per heavy atom. The topological polar surface area (TPSA) is 84.7 Å². The fourth-order valence-corrected chi connectivity index (χ4v) is 2.64. The molecule has 2 aromatic heterocycles. The highest BCUT2D eigenvalue weighted by Crippen LogP contribution is 2.17. The number of amides is 1. The molecule has 0 saturated carbocycles. The van der Waals surface area contributed by atoms with Gasteiger partial charge in [-0.3, -0.25) is 14.7 Å². The first kappa shape index (κ1) is 14.2. The van der Waals surface area contributed by atoms with Crippen LogP contribution in [-0.2, 0) is 0 Å². The van der Waals surface area contributed by atoms with Crippen LogP contribution in [0.2, 0.25) is 0 Å². The summed E-state index contributed by atoms with van der Waals surface area (Å²) >= 11 is 1.39. The van der Waals surface area contributed by atoms with Crippen LogP contribution in [0.3, 0.4) is 0 Å². The minimum Gasteiger partial charge on any atom is -0.362 e. The van der Waals surface area contributed by atoms with E-state index in [0.29, 0.717) is 11.6 Å². The lowest BCUT2D eigenvalue weighted by Gasteiger charge is -2.06. The molecule has 2 N–H and O–H groups in total. The van der Waals surface area contributed by atoms with Crippen molar-refractivity contribution < 1.29 is 4.79 Å². The molecule has 22 heavy (non-hydrogen) atoms. The average Bonchev–Trinajstić information content (AvgIpc) is 3.18. The Balaban J connectivity index is 1.79. The molecule has 3 aromatic rings. The lowest BCUT2D eigenvalue weighted by molar-refractivity contribution is 0.102. The molecule has 0 radical (unpaired) electrons. The van der Waals surface area contributed by atoms with E-state index < -0.39 is 0 Å². The molecule has 0 aliphatic rings. The standard InChI is InChI=1S/C14H14N6OS/c1-2-15-14-17-11(8-22-14)12(21)18-13-19-16-9-20(13)10-6-4-3-5-7-10/h3-9H,2H2,1H3,(H,15,17)(H,18,19,21). The van der Waals surface area contributed by atoms with Gasteiger partial charge < -0.3 is 5.32 Å². The molecule has 112 valence electrons. The van der Waals surface area contributed by atoms with E-state index in [1.54, 1.807) is 16.3 Å². The van der Waals surface area contributed by atoms with Gasteiger partial charge in [-0.05, 0) is 19.1 Å². The largest absolute Gasteiger partial charge is 0.362 e. The zero-order chi connectivity index (χ0) is 15.4. The van der Waals surface area contributed by atoms with Crippen LogP contribution in [0.25, 0.3) is 5.69 Å². The molecule has 0 fully saturated rings. The fourth-order valence-electron chi connectivity index (χ4n) is 1.87. The summed E-state index contributed by atoms with van der Waals surface area (Å²) in [7, 11) is 0. The Morgan fingerprint density at radius 2 is 2.14 bits per heavy atom. The maximum Gasteiger partial charge on any atom is 0.277 e. The third-order valence-electron chi connectivity index (χ3n) is 2.87. The molecule has 2 heterocycles. The number of hydrogen-bond acceptors (Lipinski definition) is 6. The molecular formula is C14H14N6OS. The molecule has 8 heteroatoms. The predicted molar refractivity (Wildman–Crippen MR) is 85.6 cm³/mol. The highest BCUT2D eigenvalue weighted by atomic mass is 32.1. The highest BCUT2D eigenvalue weighted by molar-refractivity contribution is 7.13. The first-order valence-corrected chi connectivity index (χ1v) is 7.62. The van der Waals surface area contributed by atoms with E-state index in [0.717, 1.165) is 17.4 Å². The number of carbonyl (C=O) groups excluding carboxylic acids is 1. The van der Waals surface area contributed by atoms with Crippen LogP contribution in [0.5, 0.6) is 0 Å². The second kappa shape index (κ2) is 6.35. The van der Waals surface area contributed by atoms with Gasteiger partial charge in [-0.15, -0.1) is 21.5 Å². The number of rotatable bonds is 5. The fraction of sp³-hybridized carbons (Fsp3) is 0.143. The minimum atomic E-state index is -0.314. The Morgan fingerprint density at radius 3 is 2.91 bits per heavy atom. The van der Waals surface area contributed by atoms with Gasteiger partial charge >= 0.3 is 0 Å². The zero-order valence-corrected chi connectivity index (χ0v) is 12.7. The van der Waals surface area contributed by atoms with Crippen molar-refractivity contribution in [2.24, 2.45) is 0 Å². The Labute approximate surface area is 131 Å². The molecule has 0 spiro atoms. The summed E-state index contributed by atoms with van der Waals surface area (Å²) in [5.41, 5.74) is 1.22. The van der Waals surface area contributed by atoms with E-state index in [4.69, 9.17) is 0 Å². The van der Waals surface area contributed by atoms with Crippen LogP contribution in [0, 0.1) is 0 Å². The van der Waals surface area contributed by atoms with Crippen molar-refractivity contribution in [3.8, 4) is 5.69 Å². The normalized spacial score (nSPS) is 10.4. The first-order valence-electron chi connectivity index (χ1n) is 6.74. The molecule has 3 rings (SSSR count). The van der Waals surface area contributed by atoms with Crippen molar-refractivity contribution >= 4 is 28.3 Å². The van der Waals surface area contributed by atoms with Crippen LogP contribution < -0.4 is 10.6 Å². The average molecular weight is 314 g/mol.